The third kappa shape index (κ3) is 6.21. The largest absolute Gasteiger partial charge is 0.493 e. The molecule has 4 nitrogen and oxygen atoms in total. The topological polar surface area (TPSA) is 47.6 Å². The summed E-state index contributed by atoms with van der Waals surface area (Å²) in [6.45, 7) is 4.81. The molecule has 172 valence electrons. The van der Waals surface area contributed by atoms with Gasteiger partial charge < -0.3 is 14.8 Å². The zero-order valence-corrected chi connectivity index (χ0v) is 20.1. The summed E-state index contributed by atoms with van der Waals surface area (Å²) in [5.41, 5.74) is 3.31. The Bertz CT molecular complexity index is 1240. The maximum atomic E-state index is 13.1. The van der Waals surface area contributed by atoms with Crippen molar-refractivity contribution in [2.24, 2.45) is 0 Å². The highest BCUT2D eigenvalue weighted by molar-refractivity contribution is 7.99. The molecular weight excluding hydrogens is 442 g/mol. The van der Waals surface area contributed by atoms with Crippen LogP contribution in [0.1, 0.15) is 28.4 Å². The van der Waals surface area contributed by atoms with Gasteiger partial charge in [0.05, 0.1) is 12.3 Å². The summed E-state index contributed by atoms with van der Waals surface area (Å²) >= 11 is 1.62. The fourth-order valence-electron chi connectivity index (χ4n) is 3.39. The predicted octanol–water partition coefficient (Wildman–Crippen LogP) is 7.38. The Morgan fingerprint density at radius 2 is 1.59 bits per heavy atom. The van der Waals surface area contributed by atoms with Crippen molar-refractivity contribution in [1.29, 1.82) is 0 Å². The average molecular weight is 470 g/mol. The normalized spacial score (nSPS) is 10.5. The van der Waals surface area contributed by atoms with Crippen LogP contribution in [0.25, 0.3) is 0 Å². The molecule has 0 heterocycles. The Labute approximate surface area is 204 Å². The van der Waals surface area contributed by atoms with Gasteiger partial charge in [0, 0.05) is 20.9 Å². The van der Waals surface area contributed by atoms with Gasteiger partial charge in [-0.2, -0.15) is 0 Å². The lowest BCUT2D eigenvalue weighted by atomic mass is 10.1. The number of benzene rings is 4. The number of nitrogens with one attached hydrogen (secondary N) is 1. The first-order chi connectivity index (χ1) is 16.6. The minimum absolute atomic E-state index is 0.180. The van der Waals surface area contributed by atoms with Crippen molar-refractivity contribution in [3.63, 3.8) is 0 Å². The lowest BCUT2D eigenvalue weighted by molar-refractivity contribution is 0.102. The monoisotopic (exact) mass is 469 g/mol. The summed E-state index contributed by atoms with van der Waals surface area (Å²) in [4.78, 5) is 15.2. The SMILES string of the molecule is CCOc1ccc(C(=O)Nc2ccccc2Sc2ccccc2)cc1COc1ccc(C)cc1. The Hall–Kier alpha value is -3.70. The van der Waals surface area contributed by atoms with E-state index in [1.807, 2.05) is 92.7 Å². The zero-order valence-electron chi connectivity index (χ0n) is 19.3. The Kier molecular flexibility index (Phi) is 7.89. The molecule has 0 radical (unpaired) electrons. The number of hydrogen-bond donors (Lipinski definition) is 1. The number of carbonyl (C=O) groups is 1. The molecule has 0 aliphatic carbocycles. The van der Waals surface area contributed by atoms with E-state index in [0.717, 1.165) is 26.8 Å². The van der Waals surface area contributed by atoms with Crippen LogP contribution in [0, 0.1) is 6.92 Å². The number of amides is 1. The lowest BCUT2D eigenvalue weighted by Gasteiger charge is -2.14. The summed E-state index contributed by atoms with van der Waals surface area (Å²) in [7, 11) is 0. The molecular formula is C29H27NO3S. The van der Waals surface area contributed by atoms with E-state index >= 15 is 0 Å². The first-order valence-electron chi connectivity index (χ1n) is 11.2. The van der Waals surface area contributed by atoms with Crippen LogP contribution in [0.15, 0.2) is 107 Å². The van der Waals surface area contributed by atoms with Gasteiger partial charge in [-0.3, -0.25) is 4.79 Å². The molecule has 4 aromatic rings. The predicted molar refractivity (Wildman–Crippen MR) is 138 cm³/mol. The van der Waals surface area contributed by atoms with Crippen molar-refractivity contribution in [2.75, 3.05) is 11.9 Å². The van der Waals surface area contributed by atoms with Gasteiger partial charge in [-0.15, -0.1) is 0 Å². The smallest absolute Gasteiger partial charge is 0.255 e. The van der Waals surface area contributed by atoms with Gasteiger partial charge in [-0.05, 0) is 68.4 Å². The molecule has 0 spiro atoms. The second kappa shape index (κ2) is 11.4. The van der Waals surface area contributed by atoms with Gasteiger partial charge in [-0.1, -0.05) is 59.8 Å². The van der Waals surface area contributed by atoms with Gasteiger partial charge in [-0.25, -0.2) is 0 Å². The molecule has 34 heavy (non-hydrogen) atoms. The van der Waals surface area contributed by atoms with Crippen LogP contribution < -0.4 is 14.8 Å². The molecule has 0 aliphatic heterocycles. The van der Waals surface area contributed by atoms with Crippen molar-refractivity contribution in [2.45, 2.75) is 30.2 Å². The van der Waals surface area contributed by atoms with Gasteiger partial charge >= 0.3 is 0 Å². The minimum atomic E-state index is -0.180. The molecule has 0 fully saturated rings. The maximum Gasteiger partial charge on any atom is 0.255 e. The summed E-state index contributed by atoms with van der Waals surface area (Å²) in [6, 6.07) is 31.2. The number of ether oxygens (including phenoxy) is 2. The van der Waals surface area contributed by atoms with Crippen molar-refractivity contribution in [3.8, 4) is 11.5 Å². The quantitative estimate of drug-likeness (QED) is 0.278. The molecule has 1 N–H and O–H groups in total. The third-order valence-electron chi connectivity index (χ3n) is 5.14. The van der Waals surface area contributed by atoms with Crippen molar-refractivity contribution in [1.82, 2.24) is 0 Å². The van der Waals surface area contributed by atoms with E-state index in [4.69, 9.17) is 9.47 Å². The van der Waals surface area contributed by atoms with Crippen LogP contribution in [0.2, 0.25) is 0 Å². The molecule has 0 atom stereocenters. The molecule has 0 bridgehead atoms. The van der Waals surface area contributed by atoms with Crippen LogP contribution in [-0.2, 0) is 6.61 Å². The van der Waals surface area contributed by atoms with E-state index in [1.165, 1.54) is 5.56 Å². The molecule has 0 unspecified atom stereocenters. The highest BCUT2D eigenvalue weighted by Gasteiger charge is 2.14. The van der Waals surface area contributed by atoms with Crippen LogP contribution in [0.4, 0.5) is 5.69 Å². The minimum Gasteiger partial charge on any atom is -0.493 e. The van der Waals surface area contributed by atoms with Crippen LogP contribution in [-0.4, -0.2) is 12.5 Å². The molecule has 1 amide bonds. The molecule has 0 aliphatic rings. The summed E-state index contributed by atoms with van der Waals surface area (Å²) in [5.74, 6) is 1.31. The van der Waals surface area contributed by atoms with Gasteiger partial charge in [0.25, 0.3) is 5.91 Å². The van der Waals surface area contributed by atoms with Gasteiger partial charge in [0.15, 0.2) is 0 Å². The van der Waals surface area contributed by atoms with E-state index < -0.39 is 0 Å². The number of anilines is 1. The van der Waals surface area contributed by atoms with Crippen molar-refractivity contribution < 1.29 is 14.3 Å². The molecule has 5 heteroatoms. The highest BCUT2D eigenvalue weighted by Crippen LogP contribution is 2.33. The van der Waals surface area contributed by atoms with Gasteiger partial charge in [0.2, 0.25) is 0 Å². The molecule has 0 aromatic heterocycles. The fraction of sp³-hybridized carbons (Fsp3) is 0.138. The molecule has 4 aromatic carbocycles. The number of rotatable bonds is 9. The number of hydrogen-bond acceptors (Lipinski definition) is 4. The van der Waals surface area contributed by atoms with Crippen molar-refractivity contribution >= 4 is 23.4 Å². The van der Waals surface area contributed by atoms with E-state index in [-0.39, 0.29) is 5.91 Å². The Morgan fingerprint density at radius 3 is 2.35 bits per heavy atom. The van der Waals surface area contributed by atoms with E-state index in [0.29, 0.717) is 24.5 Å². The summed E-state index contributed by atoms with van der Waals surface area (Å²) in [5, 5.41) is 3.06. The molecule has 0 saturated carbocycles. The van der Waals surface area contributed by atoms with Crippen LogP contribution >= 0.6 is 11.8 Å². The summed E-state index contributed by atoms with van der Waals surface area (Å²) in [6.07, 6.45) is 0. The van der Waals surface area contributed by atoms with E-state index in [2.05, 4.69) is 17.4 Å². The fourth-order valence-corrected chi connectivity index (χ4v) is 4.32. The zero-order chi connectivity index (χ0) is 23.8. The van der Waals surface area contributed by atoms with Crippen LogP contribution in [0.5, 0.6) is 11.5 Å². The molecule has 0 saturated heterocycles. The standard InChI is InChI=1S/C29H27NO3S/c1-3-32-27-18-15-22(19-23(27)20-33-24-16-13-21(2)14-17-24)29(31)30-26-11-7-8-12-28(26)34-25-9-5-4-6-10-25/h4-19H,3,20H2,1-2H3,(H,30,31). The number of aryl methyl sites for hydroxylation is 1. The first-order valence-corrected chi connectivity index (χ1v) is 12.0. The second-order valence-corrected chi connectivity index (χ2v) is 8.84. The maximum absolute atomic E-state index is 13.1. The molecule has 4 rings (SSSR count). The Balaban J connectivity index is 1.52. The summed E-state index contributed by atoms with van der Waals surface area (Å²) < 4.78 is 11.7. The lowest BCUT2D eigenvalue weighted by Crippen LogP contribution is -2.13. The highest BCUT2D eigenvalue weighted by atomic mass is 32.2. The van der Waals surface area contributed by atoms with Gasteiger partial charge in [0.1, 0.15) is 18.1 Å². The Morgan fingerprint density at radius 1 is 0.853 bits per heavy atom. The average Bonchev–Trinajstić information content (AvgIpc) is 2.86. The van der Waals surface area contributed by atoms with Crippen LogP contribution in [0.3, 0.4) is 0 Å². The van der Waals surface area contributed by atoms with Crippen molar-refractivity contribution in [3.05, 3.63) is 114 Å². The number of para-hydroxylation sites is 1. The third-order valence-corrected chi connectivity index (χ3v) is 6.23. The second-order valence-electron chi connectivity index (χ2n) is 7.72. The van der Waals surface area contributed by atoms with E-state index in [9.17, 15) is 4.79 Å². The van der Waals surface area contributed by atoms with E-state index in [1.54, 1.807) is 17.8 Å². The first kappa shape index (κ1) is 23.5. The number of carbonyl (C=O) groups excluding carboxylic acids is 1.